The zero-order valence-electron chi connectivity index (χ0n) is 13.0. The Hall–Kier alpha value is -2.83. The van der Waals surface area contributed by atoms with Crippen molar-refractivity contribution >= 4 is 12.1 Å². The van der Waals surface area contributed by atoms with Crippen LogP contribution in [0.25, 0.3) is 0 Å². The molecule has 1 aromatic carbocycles. The van der Waals surface area contributed by atoms with Gasteiger partial charge in [0.05, 0.1) is 24.4 Å². The van der Waals surface area contributed by atoms with Gasteiger partial charge in [-0.2, -0.15) is 5.10 Å². The van der Waals surface area contributed by atoms with Gasteiger partial charge in [-0.25, -0.2) is 4.79 Å². The highest BCUT2D eigenvalue weighted by molar-refractivity contribution is 5.71. The van der Waals surface area contributed by atoms with Crippen LogP contribution in [-0.2, 0) is 23.2 Å². The predicted octanol–water partition coefficient (Wildman–Crippen LogP) is 2.17. The molecule has 2 rings (SSSR count). The zero-order chi connectivity index (χ0) is 16.8. The topological polar surface area (TPSA) is 93.5 Å². The minimum Gasteiger partial charge on any atom is -0.481 e. The van der Waals surface area contributed by atoms with Crippen molar-refractivity contribution in [2.24, 2.45) is 7.05 Å². The van der Waals surface area contributed by atoms with Gasteiger partial charge in [-0.3, -0.25) is 9.48 Å². The Morgan fingerprint density at radius 3 is 2.61 bits per heavy atom. The van der Waals surface area contributed by atoms with Crippen LogP contribution in [-0.4, -0.2) is 26.9 Å². The van der Waals surface area contributed by atoms with Gasteiger partial charge in [-0.05, 0) is 18.1 Å². The number of carbonyl (C=O) groups is 2. The van der Waals surface area contributed by atoms with E-state index < -0.39 is 18.1 Å². The van der Waals surface area contributed by atoms with E-state index in [2.05, 4.69) is 10.4 Å². The Morgan fingerprint density at radius 1 is 1.35 bits per heavy atom. The molecule has 0 saturated carbocycles. The van der Waals surface area contributed by atoms with Crippen LogP contribution in [0.4, 0.5) is 4.79 Å². The number of ether oxygens (including phenoxy) is 1. The second kappa shape index (κ2) is 7.44. The Morgan fingerprint density at radius 2 is 2.04 bits per heavy atom. The first-order chi connectivity index (χ1) is 11.0. The van der Waals surface area contributed by atoms with Crippen molar-refractivity contribution in [3.63, 3.8) is 0 Å². The quantitative estimate of drug-likeness (QED) is 0.851. The van der Waals surface area contributed by atoms with E-state index in [1.54, 1.807) is 17.9 Å². The summed E-state index contributed by atoms with van der Waals surface area (Å²) in [4.78, 5) is 23.0. The number of amides is 1. The average molecular weight is 317 g/mol. The summed E-state index contributed by atoms with van der Waals surface area (Å²) in [6.45, 7) is 1.94. The van der Waals surface area contributed by atoms with E-state index in [1.165, 1.54) is 0 Å². The van der Waals surface area contributed by atoms with Crippen LogP contribution in [0.15, 0.2) is 36.5 Å². The summed E-state index contributed by atoms with van der Waals surface area (Å²) in [5, 5.41) is 15.7. The Bertz CT molecular complexity index is 662. The zero-order valence-corrected chi connectivity index (χ0v) is 13.0. The summed E-state index contributed by atoms with van der Waals surface area (Å²) in [7, 11) is 1.70. The van der Waals surface area contributed by atoms with Crippen LogP contribution in [0.1, 0.15) is 29.3 Å². The fourth-order valence-electron chi connectivity index (χ4n) is 2.35. The molecule has 0 bridgehead atoms. The Kier molecular flexibility index (Phi) is 5.35. The second-order valence-electron chi connectivity index (χ2n) is 5.19. The first-order valence-corrected chi connectivity index (χ1v) is 7.15. The van der Waals surface area contributed by atoms with Gasteiger partial charge < -0.3 is 15.2 Å². The van der Waals surface area contributed by atoms with E-state index in [4.69, 9.17) is 9.84 Å². The van der Waals surface area contributed by atoms with Gasteiger partial charge in [0.2, 0.25) is 0 Å². The van der Waals surface area contributed by atoms with E-state index in [1.807, 2.05) is 37.3 Å². The third-order valence-electron chi connectivity index (χ3n) is 3.39. The number of carboxylic acids is 1. The first kappa shape index (κ1) is 16.5. The summed E-state index contributed by atoms with van der Waals surface area (Å²) >= 11 is 0. The number of nitrogens with zero attached hydrogens (tertiary/aromatic N) is 2. The molecular weight excluding hydrogens is 298 g/mol. The van der Waals surface area contributed by atoms with E-state index in [-0.39, 0.29) is 13.0 Å². The van der Waals surface area contributed by atoms with Gasteiger partial charge in [0.25, 0.3) is 0 Å². The van der Waals surface area contributed by atoms with Crippen molar-refractivity contribution < 1.29 is 19.4 Å². The number of carbonyl (C=O) groups excluding carboxylic acids is 1. The van der Waals surface area contributed by atoms with Crippen LogP contribution in [0.5, 0.6) is 0 Å². The normalized spacial score (nSPS) is 11.7. The lowest BCUT2D eigenvalue weighted by Gasteiger charge is -2.18. The van der Waals surface area contributed by atoms with E-state index in [0.717, 1.165) is 11.1 Å². The lowest BCUT2D eigenvalue weighted by Crippen LogP contribution is -2.32. The number of rotatable bonds is 6. The summed E-state index contributed by atoms with van der Waals surface area (Å²) < 4.78 is 6.70. The van der Waals surface area contributed by atoms with Crippen LogP contribution >= 0.6 is 0 Å². The fourth-order valence-corrected chi connectivity index (χ4v) is 2.35. The molecule has 2 N–H and O–H groups in total. The maximum atomic E-state index is 12.0. The highest BCUT2D eigenvalue weighted by Gasteiger charge is 2.23. The molecule has 7 nitrogen and oxygen atoms in total. The smallest absolute Gasteiger partial charge is 0.408 e. The maximum Gasteiger partial charge on any atom is 0.408 e. The molecule has 1 aromatic heterocycles. The monoisotopic (exact) mass is 317 g/mol. The maximum absolute atomic E-state index is 12.0. The minimum atomic E-state index is -1.01. The molecule has 0 spiro atoms. The summed E-state index contributed by atoms with van der Waals surface area (Å²) in [5.74, 6) is -1.01. The predicted molar refractivity (Wildman–Crippen MR) is 82.7 cm³/mol. The SMILES string of the molecule is Cc1cnn(C)c1[C@H](CC(=O)O)NC(=O)OCc1ccccc1. The van der Waals surface area contributed by atoms with E-state index >= 15 is 0 Å². The molecule has 0 aliphatic carbocycles. The molecule has 0 saturated heterocycles. The number of aryl methyl sites for hydroxylation is 2. The van der Waals surface area contributed by atoms with Crippen LogP contribution in [0.3, 0.4) is 0 Å². The van der Waals surface area contributed by atoms with Crippen molar-refractivity contribution in [2.45, 2.75) is 26.0 Å². The van der Waals surface area contributed by atoms with Crippen molar-refractivity contribution in [3.8, 4) is 0 Å². The second-order valence-corrected chi connectivity index (χ2v) is 5.19. The lowest BCUT2D eigenvalue weighted by atomic mass is 10.1. The lowest BCUT2D eigenvalue weighted by molar-refractivity contribution is -0.137. The molecule has 122 valence electrons. The minimum absolute atomic E-state index is 0.122. The number of carboxylic acid groups (broad SMARTS) is 1. The number of hydrogen-bond acceptors (Lipinski definition) is 4. The number of hydrogen-bond donors (Lipinski definition) is 2. The highest BCUT2D eigenvalue weighted by Crippen LogP contribution is 2.20. The molecule has 0 aliphatic rings. The van der Waals surface area contributed by atoms with Crippen molar-refractivity contribution in [3.05, 3.63) is 53.3 Å². The summed E-state index contributed by atoms with van der Waals surface area (Å²) in [6, 6.07) is 8.55. The highest BCUT2D eigenvalue weighted by atomic mass is 16.5. The number of alkyl carbamates (subject to hydrolysis) is 1. The average Bonchev–Trinajstić information content (AvgIpc) is 2.84. The Labute approximate surface area is 133 Å². The molecule has 1 heterocycles. The molecule has 23 heavy (non-hydrogen) atoms. The molecule has 2 aromatic rings. The standard InChI is InChI=1S/C16H19N3O4/c1-11-9-17-19(2)15(11)13(8-14(20)21)18-16(22)23-10-12-6-4-3-5-7-12/h3-7,9,13H,8,10H2,1-2H3,(H,18,22)(H,20,21)/t13-/m0/s1. The fraction of sp³-hybridized carbons (Fsp3) is 0.312. The molecule has 7 heteroatoms. The molecule has 1 atom stereocenters. The van der Waals surface area contributed by atoms with Gasteiger partial charge in [0.1, 0.15) is 6.61 Å². The molecule has 1 amide bonds. The van der Waals surface area contributed by atoms with Gasteiger partial charge in [0, 0.05) is 7.05 Å². The van der Waals surface area contributed by atoms with Gasteiger partial charge >= 0.3 is 12.1 Å². The third-order valence-corrected chi connectivity index (χ3v) is 3.39. The van der Waals surface area contributed by atoms with Gasteiger partial charge in [-0.1, -0.05) is 30.3 Å². The van der Waals surface area contributed by atoms with Gasteiger partial charge in [0.15, 0.2) is 0 Å². The van der Waals surface area contributed by atoms with E-state index in [0.29, 0.717) is 5.69 Å². The van der Waals surface area contributed by atoms with Crippen LogP contribution < -0.4 is 5.32 Å². The molecular formula is C16H19N3O4. The molecule has 0 unspecified atom stereocenters. The summed E-state index contributed by atoms with van der Waals surface area (Å²) in [5.41, 5.74) is 2.31. The first-order valence-electron chi connectivity index (χ1n) is 7.15. The van der Waals surface area contributed by atoms with Crippen molar-refractivity contribution in [1.82, 2.24) is 15.1 Å². The van der Waals surface area contributed by atoms with Crippen molar-refractivity contribution in [1.29, 1.82) is 0 Å². The number of aliphatic carboxylic acids is 1. The van der Waals surface area contributed by atoms with Crippen molar-refractivity contribution in [2.75, 3.05) is 0 Å². The largest absolute Gasteiger partial charge is 0.481 e. The number of aromatic nitrogens is 2. The Balaban J connectivity index is 2.03. The molecule has 0 radical (unpaired) electrons. The molecule has 0 fully saturated rings. The van der Waals surface area contributed by atoms with E-state index in [9.17, 15) is 9.59 Å². The van der Waals surface area contributed by atoms with Crippen LogP contribution in [0.2, 0.25) is 0 Å². The summed E-state index contributed by atoms with van der Waals surface area (Å²) in [6.07, 6.45) is 0.711. The number of nitrogens with one attached hydrogen (secondary N) is 1. The number of benzene rings is 1. The molecule has 0 aliphatic heterocycles. The van der Waals surface area contributed by atoms with Gasteiger partial charge in [-0.15, -0.1) is 0 Å². The third kappa shape index (κ3) is 4.57. The van der Waals surface area contributed by atoms with Crippen LogP contribution in [0, 0.1) is 6.92 Å².